The lowest BCUT2D eigenvalue weighted by atomic mass is 9.98. The van der Waals surface area contributed by atoms with Crippen LogP contribution in [0.15, 0.2) is 48.5 Å². The number of anilines is 1. The maximum atomic E-state index is 12.5. The van der Waals surface area contributed by atoms with Crippen LogP contribution in [0.2, 0.25) is 0 Å². The molecule has 2 aromatic rings. The molecule has 0 aliphatic carbocycles. The van der Waals surface area contributed by atoms with E-state index in [0.717, 1.165) is 24.2 Å². The first-order valence-electron chi connectivity index (χ1n) is 9.87. The Morgan fingerprint density at radius 3 is 2.36 bits per heavy atom. The average Bonchev–Trinajstić information content (AvgIpc) is 2.72. The number of ether oxygens (including phenoxy) is 1. The van der Waals surface area contributed by atoms with E-state index >= 15 is 0 Å². The Hall–Kier alpha value is -2.82. The monoisotopic (exact) mass is 382 g/mol. The van der Waals surface area contributed by atoms with Gasteiger partial charge in [0.2, 0.25) is 0 Å². The molecule has 0 aromatic heterocycles. The summed E-state index contributed by atoms with van der Waals surface area (Å²) in [6, 6.07) is 14.8. The van der Waals surface area contributed by atoms with Crippen molar-refractivity contribution >= 4 is 17.5 Å². The van der Waals surface area contributed by atoms with E-state index in [2.05, 4.69) is 24.5 Å². The highest BCUT2D eigenvalue weighted by atomic mass is 16.5. The molecule has 28 heavy (non-hydrogen) atoms. The van der Waals surface area contributed by atoms with Gasteiger partial charge in [-0.15, -0.1) is 0 Å². The lowest BCUT2D eigenvalue weighted by Crippen LogP contribution is -2.33. The van der Waals surface area contributed by atoms with Crippen LogP contribution >= 0.6 is 0 Å². The zero-order chi connectivity index (χ0) is 20.5. The Bertz CT molecular complexity index is 804. The summed E-state index contributed by atoms with van der Waals surface area (Å²) in [6.45, 7) is 8.09. The van der Waals surface area contributed by atoms with Crippen molar-refractivity contribution in [1.29, 1.82) is 0 Å². The standard InChI is InChI=1S/C23H30N2O3/c1-5-16(3)18-11-8-10-14-21(18)28-15-22(26)25-20-13-9-7-12-19(20)23(27)24-17(4)6-2/h7-14,16-17H,5-6,15H2,1-4H3,(H,24,27)(H,25,26). The van der Waals surface area contributed by atoms with E-state index in [1.807, 2.05) is 38.1 Å². The van der Waals surface area contributed by atoms with Crippen molar-refractivity contribution in [1.82, 2.24) is 5.32 Å². The molecule has 0 saturated carbocycles. The summed E-state index contributed by atoms with van der Waals surface area (Å²) in [4.78, 5) is 24.9. The minimum absolute atomic E-state index is 0.0663. The Labute approximate surface area is 167 Å². The SMILES string of the molecule is CCC(C)NC(=O)c1ccccc1NC(=O)COc1ccccc1C(C)CC. The molecule has 0 spiro atoms. The summed E-state index contributed by atoms with van der Waals surface area (Å²) in [7, 11) is 0. The van der Waals surface area contributed by atoms with E-state index in [1.54, 1.807) is 24.3 Å². The van der Waals surface area contributed by atoms with Crippen molar-refractivity contribution in [3.63, 3.8) is 0 Å². The van der Waals surface area contributed by atoms with E-state index in [1.165, 1.54) is 0 Å². The highest BCUT2D eigenvalue weighted by Crippen LogP contribution is 2.28. The maximum Gasteiger partial charge on any atom is 0.262 e. The van der Waals surface area contributed by atoms with Gasteiger partial charge in [0.15, 0.2) is 6.61 Å². The minimum atomic E-state index is -0.303. The van der Waals surface area contributed by atoms with E-state index < -0.39 is 0 Å². The fourth-order valence-electron chi connectivity index (χ4n) is 2.76. The summed E-state index contributed by atoms with van der Waals surface area (Å²) in [6.07, 6.45) is 1.83. The molecule has 0 radical (unpaired) electrons. The van der Waals surface area contributed by atoms with Crippen LogP contribution in [-0.2, 0) is 4.79 Å². The van der Waals surface area contributed by atoms with Gasteiger partial charge in [0.1, 0.15) is 5.75 Å². The number of rotatable bonds is 9. The molecular weight excluding hydrogens is 352 g/mol. The first kappa shape index (κ1) is 21.5. The third-order valence-electron chi connectivity index (χ3n) is 4.86. The number of hydrogen-bond acceptors (Lipinski definition) is 3. The van der Waals surface area contributed by atoms with Gasteiger partial charge in [-0.05, 0) is 49.4 Å². The Morgan fingerprint density at radius 2 is 1.64 bits per heavy atom. The highest BCUT2D eigenvalue weighted by molar-refractivity contribution is 6.04. The Kier molecular flexibility index (Phi) is 8.05. The second kappa shape index (κ2) is 10.5. The molecule has 2 aromatic carbocycles. The molecule has 2 amide bonds. The molecule has 0 bridgehead atoms. The van der Waals surface area contributed by atoms with Gasteiger partial charge in [-0.2, -0.15) is 0 Å². The predicted octanol–water partition coefficient (Wildman–Crippen LogP) is 4.75. The average molecular weight is 383 g/mol. The zero-order valence-corrected chi connectivity index (χ0v) is 17.1. The maximum absolute atomic E-state index is 12.5. The number of hydrogen-bond donors (Lipinski definition) is 2. The van der Waals surface area contributed by atoms with Crippen molar-refractivity contribution in [2.75, 3.05) is 11.9 Å². The molecule has 0 heterocycles. The molecular formula is C23H30N2O3. The van der Waals surface area contributed by atoms with Crippen LogP contribution in [0.4, 0.5) is 5.69 Å². The normalized spacial score (nSPS) is 12.7. The molecule has 2 rings (SSSR count). The summed E-state index contributed by atoms with van der Waals surface area (Å²) in [5.74, 6) is 0.565. The molecule has 0 fully saturated rings. The van der Waals surface area contributed by atoms with Gasteiger partial charge < -0.3 is 15.4 Å². The lowest BCUT2D eigenvalue weighted by Gasteiger charge is -2.16. The predicted molar refractivity (Wildman–Crippen MR) is 113 cm³/mol. The van der Waals surface area contributed by atoms with Crippen molar-refractivity contribution in [2.24, 2.45) is 0 Å². The largest absolute Gasteiger partial charge is 0.483 e. The second-order valence-electron chi connectivity index (χ2n) is 7.01. The minimum Gasteiger partial charge on any atom is -0.483 e. The summed E-state index contributed by atoms with van der Waals surface area (Å²) in [5.41, 5.74) is 2.01. The van der Waals surface area contributed by atoms with Crippen LogP contribution in [0.1, 0.15) is 62.4 Å². The van der Waals surface area contributed by atoms with Gasteiger partial charge in [0, 0.05) is 6.04 Å². The number of benzene rings is 2. The molecule has 2 atom stereocenters. The zero-order valence-electron chi connectivity index (χ0n) is 17.1. The quantitative estimate of drug-likeness (QED) is 0.658. The van der Waals surface area contributed by atoms with Gasteiger partial charge in [0.25, 0.3) is 11.8 Å². The van der Waals surface area contributed by atoms with Crippen molar-refractivity contribution in [2.45, 2.75) is 52.5 Å². The second-order valence-corrected chi connectivity index (χ2v) is 7.01. The fraction of sp³-hybridized carbons (Fsp3) is 0.391. The smallest absolute Gasteiger partial charge is 0.262 e. The Balaban J connectivity index is 2.04. The van der Waals surface area contributed by atoms with E-state index in [9.17, 15) is 9.59 Å². The first-order valence-corrected chi connectivity index (χ1v) is 9.87. The van der Waals surface area contributed by atoms with Gasteiger partial charge in [-0.1, -0.05) is 51.1 Å². The topological polar surface area (TPSA) is 67.4 Å². The number of amides is 2. The van der Waals surface area contributed by atoms with E-state index in [0.29, 0.717) is 17.2 Å². The van der Waals surface area contributed by atoms with Crippen LogP contribution in [0, 0.1) is 0 Å². The molecule has 0 saturated heterocycles. The van der Waals surface area contributed by atoms with Crippen molar-refractivity contribution in [3.05, 3.63) is 59.7 Å². The summed E-state index contributed by atoms with van der Waals surface area (Å²) >= 11 is 0. The molecule has 5 heteroatoms. The number of carbonyl (C=O) groups is 2. The summed E-state index contributed by atoms with van der Waals surface area (Å²) in [5, 5.41) is 5.71. The van der Waals surface area contributed by atoms with E-state index in [-0.39, 0.29) is 24.5 Å². The van der Waals surface area contributed by atoms with Crippen LogP contribution in [0.25, 0.3) is 0 Å². The first-order chi connectivity index (χ1) is 13.5. The van der Waals surface area contributed by atoms with Crippen LogP contribution < -0.4 is 15.4 Å². The van der Waals surface area contributed by atoms with Gasteiger partial charge in [0.05, 0.1) is 11.3 Å². The fourth-order valence-corrected chi connectivity index (χ4v) is 2.76. The molecule has 2 N–H and O–H groups in total. The summed E-state index contributed by atoms with van der Waals surface area (Å²) < 4.78 is 5.76. The van der Waals surface area contributed by atoms with Crippen LogP contribution in [0.3, 0.4) is 0 Å². The van der Waals surface area contributed by atoms with Crippen molar-refractivity contribution in [3.8, 4) is 5.75 Å². The van der Waals surface area contributed by atoms with Gasteiger partial charge >= 0.3 is 0 Å². The molecule has 5 nitrogen and oxygen atoms in total. The number of para-hydroxylation sites is 2. The number of nitrogens with one attached hydrogen (secondary N) is 2. The lowest BCUT2D eigenvalue weighted by molar-refractivity contribution is -0.118. The van der Waals surface area contributed by atoms with Gasteiger partial charge in [-0.25, -0.2) is 0 Å². The Morgan fingerprint density at radius 1 is 0.964 bits per heavy atom. The molecule has 0 aliphatic rings. The molecule has 150 valence electrons. The van der Waals surface area contributed by atoms with Crippen LogP contribution in [0.5, 0.6) is 5.75 Å². The van der Waals surface area contributed by atoms with E-state index in [4.69, 9.17) is 4.74 Å². The highest BCUT2D eigenvalue weighted by Gasteiger charge is 2.16. The third-order valence-corrected chi connectivity index (χ3v) is 4.86. The molecule has 0 aliphatic heterocycles. The van der Waals surface area contributed by atoms with Crippen molar-refractivity contribution < 1.29 is 14.3 Å². The third kappa shape index (κ3) is 5.84. The van der Waals surface area contributed by atoms with Gasteiger partial charge in [-0.3, -0.25) is 9.59 Å². The van der Waals surface area contributed by atoms with Crippen LogP contribution in [-0.4, -0.2) is 24.5 Å². The molecule has 2 unspecified atom stereocenters. The number of carbonyl (C=O) groups excluding carboxylic acids is 2.